The number of ether oxygens (including phenoxy) is 1. The van der Waals surface area contributed by atoms with Crippen molar-refractivity contribution < 1.29 is 4.74 Å². The summed E-state index contributed by atoms with van der Waals surface area (Å²) in [7, 11) is 0. The molecule has 0 fully saturated rings. The van der Waals surface area contributed by atoms with Crippen LogP contribution in [0.3, 0.4) is 0 Å². The molecule has 23 heavy (non-hydrogen) atoms. The molecule has 3 heteroatoms. The number of nitrogens with one attached hydrogen (secondary N) is 1. The van der Waals surface area contributed by atoms with Gasteiger partial charge in [0.25, 0.3) is 5.56 Å². The quantitative estimate of drug-likeness (QED) is 0.697. The van der Waals surface area contributed by atoms with Crippen LogP contribution in [0.1, 0.15) is 24.5 Å². The molecule has 0 spiro atoms. The lowest BCUT2D eigenvalue weighted by molar-refractivity contribution is 0.311. The van der Waals surface area contributed by atoms with Gasteiger partial charge in [-0.15, -0.1) is 0 Å². The van der Waals surface area contributed by atoms with E-state index in [0.717, 1.165) is 41.5 Å². The van der Waals surface area contributed by atoms with E-state index in [1.807, 2.05) is 43.3 Å². The summed E-state index contributed by atoms with van der Waals surface area (Å²) >= 11 is 0. The summed E-state index contributed by atoms with van der Waals surface area (Å²) in [6.45, 7) is 2.69. The van der Waals surface area contributed by atoms with Gasteiger partial charge in [0.15, 0.2) is 0 Å². The van der Waals surface area contributed by atoms with Gasteiger partial charge in [0, 0.05) is 11.1 Å². The van der Waals surface area contributed by atoms with Gasteiger partial charge in [0.2, 0.25) is 0 Å². The highest BCUT2D eigenvalue weighted by molar-refractivity contribution is 5.79. The van der Waals surface area contributed by atoms with E-state index in [2.05, 4.69) is 23.2 Å². The SMILES string of the molecule is CCc1cc2ccc(CCCOc3ccccc3)cc2[nH]c1=O. The van der Waals surface area contributed by atoms with Crippen molar-refractivity contribution in [2.75, 3.05) is 6.61 Å². The van der Waals surface area contributed by atoms with Crippen molar-refractivity contribution in [3.05, 3.63) is 76.1 Å². The average molecular weight is 307 g/mol. The maximum Gasteiger partial charge on any atom is 0.251 e. The van der Waals surface area contributed by atoms with E-state index in [0.29, 0.717) is 6.61 Å². The number of rotatable bonds is 6. The predicted molar refractivity (Wildman–Crippen MR) is 94.2 cm³/mol. The molecule has 0 saturated carbocycles. The fourth-order valence-electron chi connectivity index (χ4n) is 2.69. The Balaban J connectivity index is 1.63. The molecule has 0 bridgehead atoms. The standard InChI is InChI=1S/C20H21NO2/c1-2-16-14-17-11-10-15(13-19(17)21-20(16)22)7-6-12-23-18-8-4-3-5-9-18/h3-5,8-11,13-14H,2,6-7,12H2,1H3,(H,21,22). The number of hydrogen-bond donors (Lipinski definition) is 1. The molecule has 0 aliphatic carbocycles. The summed E-state index contributed by atoms with van der Waals surface area (Å²) in [6, 6.07) is 18.1. The van der Waals surface area contributed by atoms with Gasteiger partial charge >= 0.3 is 0 Å². The van der Waals surface area contributed by atoms with E-state index >= 15 is 0 Å². The van der Waals surface area contributed by atoms with Crippen LogP contribution in [0.4, 0.5) is 0 Å². The molecule has 3 rings (SSSR count). The minimum absolute atomic E-state index is 0.0181. The van der Waals surface area contributed by atoms with E-state index in [9.17, 15) is 4.79 Å². The number of aromatic amines is 1. The molecule has 0 amide bonds. The Morgan fingerprint density at radius 3 is 2.65 bits per heavy atom. The third-order valence-electron chi connectivity index (χ3n) is 3.99. The van der Waals surface area contributed by atoms with E-state index in [4.69, 9.17) is 4.74 Å². The van der Waals surface area contributed by atoms with Crippen molar-refractivity contribution in [2.45, 2.75) is 26.2 Å². The molecule has 0 atom stereocenters. The molecule has 1 heterocycles. The molecule has 1 N–H and O–H groups in total. The zero-order valence-corrected chi connectivity index (χ0v) is 13.3. The van der Waals surface area contributed by atoms with Gasteiger partial charge in [-0.1, -0.05) is 37.3 Å². The maximum atomic E-state index is 11.9. The first-order valence-electron chi connectivity index (χ1n) is 8.09. The minimum Gasteiger partial charge on any atom is -0.494 e. The smallest absolute Gasteiger partial charge is 0.251 e. The normalized spacial score (nSPS) is 10.8. The molecule has 3 aromatic rings. The Morgan fingerprint density at radius 2 is 1.87 bits per heavy atom. The first kappa shape index (κ1) is 15.3. The van der Waals surface area contributed by atoms with Crippen LogP contribution in [-0.2, 0) is 12.8 Å². The van der Waals surface area contributed by atoms with Gasteiger partial charge < -0.3 is 9.72 Å². The fourth-order valence-corrected chi connectivity index (χ4v) is 2.69. The number of benzene rings is 2. The number of para-hydroxylation sites is 1. The third kappa shape index (κ3) is 3.81. The average Bonchev–Trinajstić information content (AvgIpc) is 2.59. The molecule has 0 aliphatic rings. The number of hydrogen-bond acceptors (Lipinski definition) is 2. The summed E-state index contributed by atoms with van der Waals surface area (Å²) < 4.78 is 5.71. The molecule has 0 radical (unpaired) electrons. The molecule has 3 nitrogen and oxygen atoms in total. The highest BCUT2D eigenvalue weighted by Crippen LogP contribution is 2.15. The second-order valence-corrected chi connectivity index (χ2v) is 5.66. The van der Waals surface area contributed by atoms with E-state index < -0.39 is 0 Å². The molecular formula is C20H21NO2. The lowest BCUT2D eigenvalue weighted by Crippen LogP contribution is -2.11. The number of pyridine rings is 1. The number of H-pyrrole nitrogens is 1. The Kier molecular flexibility index (Phi) is 4.77. The van der Waals surface area contributed by atoms with Crippen LogP contribution in [0.5, 0.6) is 5.75 Å². The van der Waals surface area contributed by atoms with Gasteiger partial charge in [0.1, 0.15) is 5.75 Å². The monoisotopic (exact) mass is 307 g/mol. The Bertz CT molecular complexity index is 837. The molecule has 0 aliphatic heterocycles. The summed E-state index contributed by atoms with van der Waals surface area (Å²) in [6.07, 6.45) is 2.63. The Hall–Kier alpha value is -2.55. The number of aryl methyl sites for hydroxylation is 2. The van der Waals surface area contributed by atoms with Crippen molar-refractivity contribution in [2.24, 2.45) is 0 Å². The zero-order valence-electron chi connectivity index (χ0n) is 13.3. The van der Waals surface area contributed by atoms with Crippen LogP contribution >= 0.6 is 0 Å². The van der Waals surface area contributed by atoms with E-state index in [1.54, 1.807) is 0 Å². The molecule has 0 unspecified atom stereocenters. The van der Waals surface area contributed by atoms with Crippen LogP contribution in [-0.4, -0.2) is 11.6 Å². The predicted octanol–water partition coefficient (Wildman–Crippen LogP) is 4.10. The van der Waals surface area contributed by atoms with E-state index in [-0.39, 0.29) is 5.56 Å². The number of fused-ring (bicyclic) bond motifs is 1. The van der Waals surface area contributed by atoms with Gasteiger partial charge in [-0.2, -0.15) is 0 Å². The summed E-state index contributed by atoms with van der Waals surface area (Å²) in [4.78, 5) is 14.9. The maximum absolute atomic E-state index is 11.9. The van der Waals surface area contributed by atoms with Gasteiger partial charge in [-0.3, -0.25) is 4.79 Å². The van der Waals surface area contributed by atoms with Crippen LogP contribution in [0, 0.1) is 0 Å². The van der Waals surface area contributed by atoms with E-state index in [1.165, 1.54) is 5.56 Å². The van der Waals surface area contributed by atoms with Crippen LogP contribution in [0.15, 0.2) is 59.4 Å². The molecule has 1 aromatic heterocycles. The van der Waals surface area contributed by atoms with Gasteiger partial charge in [0.05, 0.1) is 6.61 Å². The topological polar surface area (TPSA) is 42.1 Å². The first-order chi connectivity index (χ1) is 11.3. The van der Waals surface area contributed by atoms with Crippen molar-refractivity contribution in [1.82, 2.24) is 4.98 Å². The molecule has 0 saturated heterocycles. The van der Waals surface area contributed by atoms with Gasteiger partial charge in [-0.25, -0.2) is 0 Å². The Labute approximate surface area is 135 Å². The van der Waals surface area contributed by atoms with Gasteiger partial charge in [-0.05, 0) is 54.5 Å². The third-order valence-corrected chi connectivity index (χ3v) is 3.99. The fraction of sp³-hybridized carbons (Fsp3) is 0.250. The summed E-state index contributed by atoms with van der Waals surface area (Å²) in [5.74, 6) is 0.905. The number of aromatic nitrogens is 1. The van der Waals surface area contributed by atoms with Crippen LogP contribution in [0.25, 0.3) is 10.9 Å². The minimum atomic E-state index is 0.0181. The second kappa shape index (κ2) is 7.14. The summed E-state index contributed by atoms with van der Waals surface area (Å²) in [5.41, 5.74) is 2.98. The van der Waals surface area contributed by atoms with Crippen molar-refractivity contribution >= 4 is 10.9 Å². The highest BCUT2D eigenvalue weighted by atomic mass is 16.5. The van der Waals surface area contributed by atoms with Crippen LogP contribution in [0.2, 0.25) is 0 Å². The highest BCUT2D eigenvalue weighted by Gasteiger charge is 2.02. The zero-order chi connectivity index (χ0) is 16.1. The van der Waals surface area contributed by atoms with Crippen LogP contribution < -0.4 is 10.3 Å². The summed E-state index contributed by atoms with van der Waals surface area (Å²) in [5, 5.41) is 1.09. The van der Waals surface area contributed by atoms with Crippen molar-refractivity contribution in [1.29, 1.82) is 0 Å². The lowest BCUT2D eigenvalue weighted by atomic mass is 10.1. The molecular weight excluding hydrogens is 286 g/mol. The second-order valence-electron chi connectivity index (χ2n) is 5.66. The van der Waals surface area contributed by atoms with Crippen molar-refractivity contribution in [3.8, 4) is 5.75 Å². The van der Waals surface area contributed by atoms with Crippen molar-refractivity contribution in [3.63, 3.8) is 0 Å². The molecule has 118 valence electrons. The first-order valence-corrected chi connectivity index (χ1v) is 8.09. The lowest BCUT2D eigenvalue weighted by Gasteiger charge is -2.07. The Morgan fingerprint density at radius 1 is 1.04 bits per heavy atom. The molecule has 2 aromatic carbocycles. The largest absolute Gasteiger partial charge is 0.494 e.